The molecule has 3 atom stereocenters. The molecule has 0 saturated heterocycles. The van der Waals surface area contributed by atoms with Crippen LogP contribution in [0.3, 0.4) is 0 Å². The van der Waals surface area contributed by atoms with Crippen LogP contribution >= 0.6 is 0 Å². The van der Waals surface area contributed by atoms with Crippen LogP contribution in [0.5, 0.6) is 0 Å². The van der Waals surface area contributed by atoms with Crippen LogP contribution in [0.4, 0.5) is 0 Å². The van der Waals surface area contributed by atoms with Gasteiger partial charge in [0.05, 0.1) is 0 Å². The van der Waals surface area contributed by atoms with Gasteiger partial charge in [0.1, 0.15) is 0 Å². The third-order valence-electron chi connectivity index (χ3n) is 3.71. The molecule has 1 aliphatic rings. The molecule has 0 bridgehead atoms. The van der Waals surface area contributed by atoms with Crippen LogP contribution in [-0.2, 0) is 0 Å². The van der Waals surface area contributed by atoms with Crippen molar-refractivity contribution in [3.8, 4) is 0 Å². The predicted octanol–water partition coefficient (Wildman–Crippen LogP) is 2.79. The minimum absolute atomic E-state index is 0.233. The number of rotatable bonds is 5. The van der Waals surface area contributed by atoms with Gasteiger partial charge in [-0.05, 0) is 52.5 Å². The van der Waals surface area contributed by atoms with Crippen LogP contribution < -0.4 is 10.6 Å². The van der Waals surface area contributed by atoms with Crippen molar-refractivity contribution in [1.29, 1.82) is 0 Å². The Morgan fingerprint density at radius 2 is 1.94 bits per heavy atom. The van der Waals surface area contributed by atoms with E-state index in [4.69, 9.17) is 0 Å². The fourth-order valence-corrected chi connectivity index (χ4v) is 2.41. The maximum absolute atomic E-state index is 3.67. The minimum Gasteiger partial charge on any atom is -0.313 e. The smallest absolute Gasteiger partial charge is 0.0164 e. The van der Waals surface area contributed by atoms with E-state index in [2.05, 4.69) is 45.3 Å². The van der Waals surface area contributed by atoms with Crippen molar-refractivity contribution in [2.45, 2.75) is 65.5 Å². The molecule has 96 valence electrons. The summed E-state index contributed by atoms with van der Waals surface area (Å²) in [5.41, 5.74) is 0.233. The Morgan fingerprint density at radius 3 is 2.44 bits per heavy atom. The summed E-state index contributed by atoms with van der Waals surface area (Å²) in [6, 6.07) is 0.576. The summed E-state index contributed by atoms with van der Waals surface area (Å²) in [5.74, 6) is 1.84. The molecule has 0 spiro atoms. The lowest BCUT2D eigenvalue weighted by Crippen LogP contribution is -2.45. The molecule has 2 heteroatoms. The van der Waals surface area contributed by atoms with E-state index >= 15 is 0 Å². The third-order valence-corrected chi connectivity index (χ3v) is 3.71. The summed E-state index contributed by atoms with van der Waals surface area (Å²) in [5, 5.41) is 7.21. The molecule has 1 fully saturated rings. The molecule has 2 N–H and O–H groups in total. The zero-order valence-corrected chi connectivity index (χ0v) is 11.8. The highest BCUT2D eigenvalue weighted by molar-refractivity contribution is 4.79. The van der Waals surface area contributed by atoms with Gasteiger partial charge in [-0.1, -0.05) is 19.8 Å². The van der Waals surface area contributed by atoms with E-state index in [1.54, 1.807) is 0 Å². The average Bonchev–Trinajstić information content (AvgIpc) is 2.57. The van der Waals surface area contributed by atoms with Crippen LogP contribution in [0.25, 0.3) is 0 Å². The Balaban J connectivity index is 2.12. The molecule has 1 aliphatic carbocycles. The highest BCUT2D eigenvalue weighted by Gasteiger charge is 2.23. The maximum Gasteiger partial charge on any atom is 0.0164 e. The molecule has 3 unspecified atom stereocenters. The molecular formula is C14H30N2. The minimum atomic E-state index is 0.233. The van der Waals surface area contributed by atoms with E-state index in [-0.39, 0.29) is 5.54 Å². The second kappa shape index (κ2) is 6.02. The molecule has 0 aromatic carbocycles. The van der Waals surface area contributed by atoms with Gasteiger partial charge in [0.25, 0.3) is 0 Å². The molecule has 16 heavy (non-hydrogen) atoms. The normalized spacial score (nSPS) is 28.3. The van der Waals surface area contributed by atoms with Crippen molar-refractivity contribution in [1.82, 2.24) is 10.6 Å². The summed E-state index contributed by atoms with van der Waals surface area (Å²) in [7, 11) is 0. The first kappa shape index (κ1) is 14.0. The van der Waals surface area contributed by atoms with Gasteiger partial charge in [0.2, 0.25) is 0 Å². The van der Waals surface area contributed by atoms with Gasteiger partial charge in [0, 0.05) is 18.1 Å². The fraction of sp³-hybridized carbons (Fsp3) is 1.00. The summed E-state index contributed by atoms with van der Waals surface area (Å²) in [4.78, 5) is 0. The zero-order valence-electron chi connectivity index (χ0n) is 11.8. The fourth-order valence-electron chi connectivity index (χ4n) is 2.41. The van der Waals surface area contributed by atoms with Crippen molar-refractivity contribution in [3.63, 3.8) is 0 Å². The van der Waals surface area contributed by atoms with E-state index in [1.807, 2.05) is 0 Å². The molecule has 0 aromatic heterocycles. The van der Waals surface area contributed by atoms with Gasteiger partial charge in [-0.3, -0.25) is 0 Å². The van der Waals surface area contributed by atoms with Crippen LogP contribution in [-0.4, -0.2) is 24.7 Å². The molecule has 1 rings (SSSR count). The molecule has 2 nitrogen and oxygen atoms in total. The largest absolute Gasteiger partial charge is 0.313 e. The van der Waals surface area contributed by atoms with E-state index in [0.717, 1.165) is 18.4 Å². The first-order chi connectivity index (χ1) is 7.38. The first-order valence-corrected chi connectivity index (χ1v) is 6.87. The SMILES string of the molecule is CC(CNC(C)(C)C)NCC1CCCC1C. The van der Waals surface area contributed by atoms with Gasteiger partial charge >= 0.3 is 0 Å². The molecule has 0 amide bonds. The Hall–Kier alpha value is -0.0800. The standard InChI is InChI=1S/C14H30N2/c1-11-7-6-8-13(11)10-15-12(2)9-16-14(3,4)5/h11-13,15-16H,6-10H2,1-5H3. The molecule has 0 radical (unpaired) electrons. The number of hydrogen-bond acceptors (Lipinski definition) is 2. The maximum atomic E-state index is 3.67. The monoisotopic (exact) mass is 226 g/mol. The lowest BCUT2D eigenvalue weighted by atomic mass is 9.98. The Morgan fingerprint density at radius 1 is 1.25 bits per heavy atom. The zero-order chi connectivity index (χ0) is 12.2. The van der Waals surface area contributed by atoms with Crippen LogP contribution in [0.1, 0.15) is 53.9 Å². The Kier molecular flexibility index (Phi) is 5.26. The molecule has 0 aliphatic heterocycles. The quantitative estimate of drug-likeness (QED) is 0.753. The van der Waals surface area contributed by atoms with Gasteiger partial charge in [-0.15, -0.1) is 0 Å². The predicted molar refractivity (Wildman–Crippen MR) is 71.7 cm³/mol. The van der Waals surface area contributed by atoms with Gasteiger partial charge < -0.3 is 10.6 Å². The van der Waals surface area contributed by atoms with Gasteiger partial charge in [0.15, 0.2) is 0 Å². The van der Waals surface area contributed by atoms with Crippen molar-refractivity contribution in [2.24, 2.45) is 11.8 Å². The lowest BCUT2D eigenvalue weighted by Gasteiger charge is -2.25. The van der Waals surface area contributed by atoms with Crippen LogP contribution in [0, 0.1) is 11.8 Å². The third kappa shape index (κ3) is 5.31. The second-order valence-electron chi connectivity index (χ2n) is 6.61. The summed E-state index contributed by atoms with van der Waals surface area (Å²) < 4.78 is 0. The van der Waals surface area contributed by atoms with E-state index in [9.17, 15) is 0 Å². The number of nitrogens with one attached hydrogen (secondary N) is 2. The summed E-state index contributed by atoms with van der Waals surface area (Å²) in [6.07, 6.45) is 4.29. The Bertz CT molecular complexity index is 195. The second-order valence-corrected chi connectivity index (χ2v) is 6.61. The van der Waals surface area contributed by atoms with Gasteiger partial charge in [-0.25, -0.2) is 0 Å². The highest BCUT2D eigenvalue weighted by atomic mass is 15.0. The average molecular weight is 226 g/mol. The highest BCUT2D eigenvalue weighted by Crippen LogP contribution is 2.30. The van der Waals surface area contributed by atoms with E-state index < -0.39 is 0 Å². The first-order valence-electron chi connectivity index (χ1n) is 6.87. The van der Waals surface area contributed by atoms with Crippen molar-refractivity contribution in [2.75, 3.05) is 13.1 Å². The lowest BCUT2D eigenvalue weighted by molar-refractivity contribution is 0.345. The van der Waals surface area contributed by atoms with E-state index in [0.29, 0.717) is 6.04 Å². The van der Waals surface area contributed by atoms with Crippen molar-refractivity contribution in [3.05, 3.63) is 0 Å². The van der Waals surface area contributed by atoms with Crippen LogP contribution in [0.15, 0.2) is 0 Å². The van der Waals surface area contributed by atoms with Crippen LogP contribution in [0.2, 0.25) is 0 Å². The van der Waals surface area contributed by atoms with Crippen molar-refractivity contribution < 1.29 is 0 Å². The van der Waals surface area contributed by atoms with Gasteiger partial charge in [-0.2, -0.15) is 0 Å². The molecule has 0 heterocycles. The summed E-state index contributed by atoms with van der Waals surface area (Å²) >= 11 is 0. The Labute approximate surface area is 102 Å². The van der Waals surface area contributed by atoms with Crippen molar-refractivity contribution >= 4 is 0 Å². The molecular weight excluding hydrogens is 196 g/mol. The molecule has 1 saturated carbocycles. The number of hydrogen-bond donors (Lipinski definition) is 2. The van der Waals surface area contributed by atoms with E-state index in [1.165, 1.54) is 25.8 Å². The summed E-state index contributed by atoms with van der Waals surface area (Å²) in [6.45, 7) is 13.6. The molecule has 0 aromatic rings. The topological polar surface area (TPSA) is 24.1 Å².